The number of terminal acetylenes is 1. The number of rotatable bonds is 3. The Kier molecular flexibility index (Phi) is 3.67. The van der Waals surface area contributed by atoms with Gasteiger partial charge in [-0.05, 0) is 36.6 Å². The van der Waals surface area contributed by atoms with Crippen LogP contribution in [0.15, 0.2) is 18.2 Å². The molecule has 2 heteroatoms. The molecule has 0 aliphatic rings. The monoisotopic (exact) mass is 192 g/mol. The Bertz CT molecular complexity index is 352. The molecule has 1 atom stereocenters. The largest absolute Gasteiger partial charge is 0.388 e. The van der Waals surface area contributed by atoms with E-state index in [0.29, 0.717) is 12.8 Å². The number of aliphatic hydroxyl groups is 1. The highest BCUT2D eigenvalue weighted by molar-refractivity contribution is 5.28. The summed E-state index contributed by atoms with van der Waals surface area (Å²) in [6.45, 7) is 1.78. The van der Waals surface area contributed by atoms with Crippen LogP contribution in [-0.2, 0) is 0 Å². The van der Waals surface area contributed by atoms with E-state index in [0.717, 1.165) is 11.1 Å². The van der Waals surface area contributed by atoms with E-state index in [-0.39, 0.29) is 5.82 Å². The Labute approximate surface area is 83.6 Å². The summed E-state index contributed by atoms with van der Waals surface area (Å²) < 4.78 is 12.7. The van der Waals surface area contributed by atoms with Gasteiger partial charge in [0.1, 0.15) is 5.82 Å². The predicted molar refractivity (Wildman–Crippen MR) is 54.2 cm³/mol. The summed E-state index contributed by atoms with van der Waals surface area (Å²) in [6.07, 6.45) is 5.55. The zero-order valence-corrected chi connectivity index (χ0v) is 8.13. The molecule has 0 saturated heterocycles. The number of aryl methyl sites for hydroxylation is 1. The van der Waals surface area contributed by atoms with Gasteiger partial charge in [0.15, 0.2) is 0 Å². The molecule has 0 heterocycles. The van der Waals surface area contributed by atoms with Crippen molar-refractivity contribution in [1.29, 1.82) is 0 Å². The molecule has 74 valence electrons. The Morgan fingerprint density at radius 3 is 2.86 bits per heavy atom. The van der Waals surface area contributed by atoms with Crippen LogP contribution in [0.5, 0.6) is 0 Å². The van der Waals surface area contributed by atoms with Gasteiger partial charge in [-0.2, -0.15) is 0 Å². The molecule has 0 radical (unpaired) electrons. The molecule has 0 spiro atoms. The fraction of sp³-hybridized carbons (Fsp3) is 0.333. The quantitative estimate of drug-likeness (QED) is 0.730. The van der Waals surface area contributed by atoms with E-state index < -0.39 is 6.10 Å². The summed E-state index contributed by atoms with van der Waals surface area (Å²) in [6, 6.07) is 4.36. The van der Waals surface area contributed by atoms with Crippen LogP contribution in [0.4, 0.5) is 4.39 Å². The van der Waals surface area contributed by atoms with E-state index in [9.17, 15) is 9.50 Å². The van der Waals surface area contributed by atoms with Gasteiger partial charge in [-0.3, -0.25) is 0 Å². The van der Waals surface area contributed by atoms with Crippen LogP contribution in [0.2, 0.25) is 0 Å². The first kappa shape index (κ1) is 10.7. The van der Waals surface area contributed by atoms with Crippen molar-refractivity contribution in [1.82, 2.24) is 0 Å². The Morgan fingerprint density at radius 2 is 2.29 bits per heavy atom. The van der Waals surface area contributed by atoms with Crippen LogP contribution >= 0.6 is 0 Å². The van der Waals surface area contributed by atoms with Crippen LogP contribution < -0.4 is 0 Å². The van der Waals surface area contributed by atoms with Crippen molar-refractivity contribution in [3.8, 4) is 12.3 Å². The van der Waals surface area contributed by atoms with Gasteiger partial charge >= 0.3 is 0 Å². The molecular formula is C12H13FO. The highest BCUT2D eigenvalue weighted by atomic mass is 19.1. The van der Waals surface area contributed by atoms with Gasteiger partial charge in [0, 0.05) is 6.42 Å². The second-order valence-corrected chi connectivity index (χ2v) is 3.26. The van der Waals surface area contributed by atoms with E-state index >= 15 is 0 Å². The minimum atomic E-state index is -0.591. The van der Waals surface area contributed by atoms with Crippen LogP contribution in [0, 0.1) is 25.1 Å². The summed E-state index contributed by atoms with van der Waals surface area (Å²) >= 11 is 0. The molecule has 1 unspecified atom stereocenters. The average Bonchev–Trinajstić information content (AvgIpc) is 2.14. The van der Waals surface area contributed by atoms with Crippen LogP contribution in [0.25, 0.3) is 0 Å². The molecule has 0 amide bonds. The minimum absolute atomic E-state index is 0.282. The summed E-state index contributed by atoms with van der Waals surface area (Å²) in [7, 11) is 0. The van der Waals surface area contributed by atoms with Crippen molar-refractivity contribution in [2.75, 3.05) is 0 Å². The summed E-state index contributed by atoms with van der Waals surface area (Å²) in [5.41, 5.74) is 1.51. The van der Waals surface area contributed by atoms with Crippen molar-refractivity contribution >= 4 is 0 Å². The van der Waals surface area contributed by atoms with Crippen LogP contribution in [-0.4, -0.2) is 5.11 Å². The van der Waals surface area contributed by atoms with Gasteiger partial charge in [-0.15, -0.1) is 12.3 Å². The summed E-state index contributed by atoms with van der Waals surface area (Å²) in [5.74, 6) is 2.18. The number of halogens is 1. The lowest BCUT2D eigenvalue weighted by Crippen LogP contribution is -2.00. The van der Waals surface area contributed by atoms with Crippen LogP contribution in [0.3, 0.4) is 0 Å². The van der Waals surface area contributed by atoms with Gasteiger partial charge in [0.25, 0.3) is 0 Å². The van der Waals surface area contributed by atoms with E-state index in [1.807, 2.05) is 0 Å². The van der Waals surface area contributed by atoms with Crippen molar-refractivity contribution < 1.29 is 9.50 Å². The smallest absolute Gasteiger partial charge is 0.123 e. The molecule has 0 bridgehead atoms. The molecule has 0 aliphatic carbocycles. The lowest BCUT2D eigenvalue weighted by atomic mass is 10.00. The minimum Gasteiger partial charge on any atom is -0.388 e. The van der Waals surface area contributed by atoms with Gasteiger partial charge in [0.2, 0.25) is 0 Å². The molecule has 0 fully saturated rings. The second-order valence-electron chi connectivity index (χ2n) is 3.26. The van der Waals surface area contributed by atoms with E-state index in [1.165, 1.54) is 12.1 Å². The third kappa shape index (κ3) is 2.58. The second kappa shape index (κ2) is 4.78. The molecule has 1 N–H and O–H groups in total. The fourth-order valence-corrected chi connectivity index (χ4v) is 1.39. The van der Waals surface area contributed by atoms with Gasteiger partial charge in [-0.25, -0.2) is 4.39 Å². The van der Waals surface area contributed by atoms with E-state index in [2.05, 4.69) is 5.92 Å². The first-order valence-corrected chi connectivity index (χ1v) is 4.52. The summed E-state index contributed by atoms with van der Waals surface area (Å²) in [5, 5.41) is 9.71. The molecule has 1 aromatic rings. The molecule has 0 saturated carbocycles. The summed E-state index contributed by atoms with van der Waals surface area (Å²) in [4.78, 5) is 0. The molecule has 0 aromatic heterocycles. The number of hydrogen-bond acceptors (Lipinski definition) is 1. The molecule has 1 rings (SSSR count). The highest BCUT2D eigenvalue weighted by Gasteiger charge is 2.09. The average molecular weight is 192 g/mol. The van der Waals surface area contributed by atoms with E-state index in [1.54, 1.807) is 13.0 Å². The Balaban J connectivity index is 2.80. The molecule has 14 heavy (non-hydrogen) atoms. The van der Waals surface area contributed by atoms with Gasteiger partial charge in [-0.1, -0.05) is 6.07 Å². The Hall–Kier alpha value is -1.33. The highest BCUT2D eigenvalue weighted by Crippen LogP contribution is 2.22. The lowest BCUT2D eigenvalue weighted by Gasteiger charge is -2.12. The predicted octanol–water partition coefficient (Wildman–Crippen LogP) is 2.58. The van der Waals surface area contributed by atoms with Crippen molar-refractivity contribution in [2.24, 2.45) is 0 Å². The maximum atomic E-state index is 12.7. The number of hydrogen-bond donors (Lipinski definition) is 1. The third-order valence-electron chi connectivity index (χ3n) is 2.15. The first-order valence-electron chi connectivity index (χ1n) is 4.52. The maximum absolute atomic E-state index is 12.7. The molecule has 0 aliphatic heterocycles. The third-order valence-corrected chi connectivity index (χ3v) is 2.15. The van der Waals surface area contributed by atoms with E-state index in [4.69, 9.17) is 6.42 Å². The van der Waals surface area contributed by atoms with Gasteiger partial charge < -0.3 is 5.11 Å². The SMILES string of the molecule is C#CCCC(O)c1ccc(F)cc1C. The number of aliphatic hydroxyl groups excluding tert-OH is 1. The standard InChI is InChI=1S/C12H13FO/c1-3-4-5-12(14)11-7-6-10(13)8-9(11)2/h1,6-8,12,14H,4-5H2,2H3. The molecular weight excluding hydrogens is 179 g/mol. The van der Waals surface area contributed by atoms with Crippen molar-refractivity contribution in [2.45, 2.75) is 25.9 Å². The molecule has 1 aromatic carbocycles. The first-order chi connectivity index (χ1) is 6.65. The lowest BCUT2D eigenvalue weighted by molar-refractivity contribution is 0.168. The fourth-order valence-electron chi connectivity index (χ4n) is 1.39. The maximum Gasteiger partial charge on any atom is 0.123 e. The zero-order valence-electron chi connectivity index (χ0n) is 8.13. The number of benzene rings is 1. The Morgan fingerprint density at radius 1 is 1.57 bits per heavy atom. The topological polar surface area (TPSA) is 20.2 Å². The van der Waals surface area contributed by atoms with Crippen molar-refractivity contribution in [3.05, 3.63) is 35.1 Å². The molecule has 1 nitrogen and oxygen atoms in total. The van der Waals surface area contributed by atoms with Crippen molar-refractivity contribution in [3.63, 3.8) is 0 Å². The zero-order chi connectivity index (χ0) is 10.6. The van der Waals surface area contributed by atoms with Crippen LogP contribution in [0.1, 0.15) is 30.1 Å². The normalized spacial score (nSPS) is 12.1. The van der Waals surface area contributed by atoms with Gasteiger partial charge in [0.05, 0.1) is 6.10 Å².